The lowest BCUT2D eigenvalue weighted by Gasteiger charge is -2.01. The number of hydrogen-bond donors (Lipinski definition) is 2. The van der Waals surface area contributed by atoms with Crippen LogP contribution in [-0.4, -0.2) is 33.7 Å². The number of halogens is 2. The SMILES string of the molecule is COc1ccc2nc(SCC(=O)Nc3nc(-c4ccc(Cl)c(Cl)c4)cs3)[nH]c2c1. The monoisotopic (exact) mass is 464 g/mol. The Morgan fingerprint density at radius 2 is 2.07 bits per heavy atom. The number of hydrogen-bond acceptors (Lipinski definition) is 6. The fourth-order valence-electron chi connectivity index (χ4n) is 2.57. The number of aromatic amines is 1. The molecule has 0 aliphatic rings. The minimum Gasteiger partial charge on any atom is -0.497 e. The summed E-state index contributed by atoms with van der Waals surface area (Å²) in [5, 5.41) is 6.80. The molecular weight excluding hydrogens is 451 g/mol. The molecule has 10 heteroatoms. The highest BCUT2D eigenvalue weighted by Gasteiger charge is 2.11. The number of nitrogens with one attached hydrogen (secondary N) is 2. The summed E-state index contributed by atoms with van der Waals surface area (Å²) in [6.07, 6.45) is 0. The van der Waals surface area contributed by atoms with Crippen LogP contribution in [-0.2, 0) is 4.79 Å². The number of nitrogens with zero attached hydrogens (tertiary/aromatic N) is 2. The molecule has 148 valence electrons. The van der Waals surface area contributed by atoms with Gasteiger partial charge in [-0.05, 0) is 24.3 Å². The van der Waals surface area contributed by atoms with Gasteiger partial charge >= 0.3 is 0 Å². The summed E-state index contributed by atoms with van der Waals surface area (Å²) < 4.78 is 5.20. The van der Waals surface area contributed by atoms with Gasteiger partial charge in [0.05, 0.1) is 39.6 Å². The highest BCUT2D eigenvalue weighted by Crippen LogP contribution is 2.30. The number of anilines is 1. The molecule has 4 rings (SSSR count). The van der Waals surface area contributed by atoms with E-state index in [0.29, 0.717) is 20.3 Å². The number of H-pyrrole nitrogens is 1. The van der Waals surface area contributed by atoms with Crippen molar-refractivity contribution >= 4 is 68.4 Å². The van der Waals surface area contributed by atoms with Crippen molar-refractivity contribution in [2.75, 3.05) is 18.2 Å². The van der Waals surface area contributed by atoms with Crippen molar-refractivity contribution in [3.8, 4) is 17.0 Å². The van der Waals surface area contributed by atoms with E-state index in [1.807, 2.05) is 29.6 Å². The Balaban J connectivity index is 1.37. The fourth-order valence-corrected chi connectivity index (χ4v) is 4.29. The number of aromatic nitrogens is 3. The topological polar surface area (TPSA) is 79.9 Å². The maximum absolute atomic E-state index is 12.3. The van der Waals surface area contributed by atoms with Crippen molar-refractivity contribution in [1.82, 2.24) is 15.0 Å². The van der Waals surface area contributed by atoms with Crippen LogP contribution in [0.15, 0.2) is 46.9 Å². The van der Waals surface area contributed by atoms with Crippen LogP contribution in [0.3, 0.4) is 0 Å². The van der Waals surface area contributed by atoms with E-state index in [-0.39, 0.29) is 11.7 Å². The molecule has 2 aromatic carbocycles. The van der Waals surface area contributed by atoms with E-state index in [0.717, 1.165) is 28.0 Å². The molecule has 4 aromatic rings. The summed E-state index contributed by atoms with van der Waals surface area (Å²) in [6.45, 7) is 0. The van der Waals surface area contributed by atoms with E-state index in [1.165, 1.54) is 23.1 Å². The molecule has 2 N–H and O–H groups in total. The Hall–Kier alpha value is -2.26. The van der Waals surface area contributed by atoms with E-state index >= 15 is 0 Å². The number of ether oxygens (including phenoxy) is 1. The Morgan fingerprint density at radius 3 is 2.86 bits per heavy atom. The molecule has 1 amide bonds. The molecule has 2 aromatic heterocycles. The van der Waals surface area contributed by atoms with Gasteiger partial charge in [-0.15, -0.1) is 11.3 Å². The molecule has 2 heterocycles. The van der Waals surface area contributed by atoms with Gasteiger partial charge in [0, 0.05) is 17.0 Å². The molecule has 0 spiro atoms. The number of fused-ring (bicyclic) bond motifs is 1. The molecule has 0 unspecified atom stereocenters. The van der Waals surface area contributed by atoms with Crippen LogP contribution in [0.4, 0.5) is 5.13 Å². The van der Waals surface area contributed by atoms with E-state index in [4.69, 9.17) is 27.9 Å². The third-order valence-electron chi connectivity index (χ3n) is 3.97. The first-order valence-corrected chi connectivity index (χ1v) is 11.0. The van der Waals surface area contributed by atoms with Crippen LogP contribution in [0.5, 0.6) is 5.75 Å². The average molecular weight is 465 g/mol. The van der Waals surface area contributed by atoms with Gasteiger partial charge in [0.25, 0.3) is 0 Å². The molecule has 0 radical (unpaired) electrons. The van der Waals surface area contributed by atoms with Gasteiger partial charge in [-0.2, -0.15) is 0 Å². The smallest absolute Gasteiger partial charge is 0.236 e. The largest absolute Gasteiger partial charge is 0.497 e. The standard InChI is InChI=1S/C19H14Cl2N4O2S2/c1-27-11-3-5-14-15(7-11)23-18(22-14)29-9-17(26)25-19-24-16(8-28-19)10-2-4-12(20)13(21)6-10/h2-8H,9H2,1H3,(H,22,23)(H,24,25,26). The highest BCUT2D eigenvalue weighted by atomic mass is 35.5. The maximum atomic E-state index is 12.3. The van der Waals surface area contributed by atoms with Crippen LogP contribution in [0.1, 0.15) is 0 Å². The molecule has 29 heavy (non-hydrogen) atoms. The van der Waals surface area contributed by atoms with E-state index in [9.17, 15) is 4.79 Å². The number of imidazole rings is 1. The highest BCUT2D eigenvalue weighted by molar-refractivity contribution is 7.99. The summed E-state index contributed by atoms with van der Waals surface area (Å²) >= 11 is 14.7. The van der Waals surface area contributed by atoms with Gasteiger partial charge < -0.3 is 15.0 Å². The van der Waals surface area contributed by atoms with E-state index in [2.05, 4.69) is 20.3 Å². The third-order valence-corrected chi connectivity index (χ3v) is 6.34. The summed E-state index contributed by atoms with van der Waals surface area (Å²) in [5.41, 5.74) is 3.24. The van der Waals surface area contributed by atoms with Crippen molar-refractivity contribution in [1.29, 1.82) is 0 Å². The number of amides is 1. The van der Waals surface area contributed by atoms with Crippen LogP contribution in [0, 0.1) is 0 Å². The van der Waals surface area contributed by atoms with Crippen LogP contribution < -0.4 is 10.1 Å². The molecule has 6 nitrogen and oxygen atoms in total. The first-order chi connectivity index (χ1) is 14.0. The van der Waals surface area contributed by atoms with E-state index < -0.39 is 0 Å². The Morgan fingerprint density at radius 1 is 1.21 bits per heavy atom. The van der Waals surface area contributed by atoms with Crippen molar-refractivity contribution in [3.63, 3.8) is 0 Å². The zero-order valence-corrected chi connectivity index (χ0v) is 18.2. The number of thioether (sulfide) groups is 1. The second-order valence-corrected chi connectivity index (χ2v) is 8.57. The van der Waals surface area contributed by atoms with Crippen molar-refractivity contribution < 1.29 is 9.53 Å². The number of carbonyl (C=O) groups excluding carboxylic acids is 1. The van der Waals surface area contributed by atoms with Crippen molar-refractivity contribution in [3.05, 3.63) is 51.8 Å². The van der Waals surface area contributed by atoms with Crippen molar-refractivity contribution in [2.45, 2.75) is 5.16 Å². The number of rotatable bonds is 6. The summed E-state index contributed by atoms with van der Waals surface area (Å²) in [4.78, 5) is 24.4. The molecule has 0 saturated carbocycles. The van der Waals surface area contributed by atoms with E-state index in [1.54, 1.807) is 19.2 Å². The fraction of sp³-hybridized carbons (Fsp3) is 0.105. The zero-order valence-electron chi connectivity index (χ0n) is 15.0. The minimum absolute atomic E-state index is 0.164. The third kappa shape index (κ3) is 4.67. The first-order valence-electron chi connectivity index (χ1n) is 8.39. The normalized spacial score (nSPS) is 11.0. The van der Waals surface area contributed by atoms with Gasteiger partial charge in [-0.25, -0.2) is 9.97 Å². The van der Waals surface area contributed by atoms with Crippen molar-refractivity contribution in [2.24, 2.45) is 0 Å². The second-order valence-electron chi connectivity index (χ2n) is 5.93. The lowest BCUT2D eigenvalue weighted by atomic mass is 10.2. The summed E-state index contributed by atoms with van der Waals surface area (Å²) in [6, 6.07) is 10.9. The molecule has 0 bridgehead atoms. The predicted octanol–water partition coefficient (Wildman–Crippen LogP) is 5.73. The molecule has 0 aliphatic heterocycles. The number of methoxy groups -OCH3 is 1. The molecule has 0 saturated heterocycles. The lowest BCUT2D eigenvalue weighted by Crippen LogP contribution is -2.13. The van der Waals surface area contributed by atoms with Gasteiger partial charge in [-0.1, -0.05) is 41.0 Å². The Labute approximate surface area is 184 Å². The molecule has 0 aliphatic carbocycles. The molecule has 0 atom stereocenters. The van der Waals surface area contributed by atoms with Crippen LogP contribution in [0.25, 0.3) is 22.3 Å². The zero-order chi connectivity index (χ0) is 20.4. The number of benzene rings is 2. The van der Waals surface area contributed by atoms with Gasteiger partial charge in [0.2, 0.25) is 5.91 Å². The summed E-state index contributed by atoms with van der Waals surface area (Å²) in [7, 11) is 1.61. The van der Waals surface area contributed by atoms with Gasteiger partial charge in [0.1, 0.15) is 5.75 Å². The second kappa shape index (κ2) is 8.62. The van der Waals surface area contributed by atoms with Gasteiger partial charge in [0.15, 0.2) is 10.3 Å². The predicted molar refractivity (Wildman–Crippen MR) is 120 cm³/mol. The number of thiazole rings is 1. The van der Waals surface area contributed by atoms with Gasteiger partial charge in [-0.3, -0.25) is 4.79 Å². The van der Waals surface area contributed by atoms with Crippen LogP contribution in [0.2, 0.25) is 10.0 Å². The quantitative estimate of drug-likeness (QED) is 0.356. The molecule has 0 fully saturated rings. The minimum atomic E-state index is -0.164. The summed E-state index contributed by atoms with van der Waals surface area (Å²) in [5.74, 6) is 0.790. The average Bonchev–Trinajstić information content (AvgIpc) is 3.34. The molecular formula is C19H14Cl2N4O2S2. The van der Waals surface area contributed by atoms with Crippen LogP contribution >= 0.6 is 46.3 Å². The first kappa shape index (κ1) is 20.0. The Kier molecular flexibility index (Phi) is 5.96. The maximum Gasteiger partial charge on any atom is 0.236 e. The lowest BCUT2D eigenvalue weighted by molar-refractivity contribution is -0.113. The Bertz CT molecular complexity index is 1190. The number of carbonyl (C=O) groups is 1.